The third-order valence-electron chi connectivity index (χ3n) is 2.31. The van der Waals surface area contributed by atoms with Crippen molar-refractivity contribution in [3.63, 3.8) is 0 Å². The molecule has 0 spiro atoms. The van der Waals surface area contributed by atoms with Crippen molar-refractivity contribution in [2.45, 2.75) is 20.3 Å². The van der Waals surface area contributed by atoms with Crippen molar-refractivity contribution in [1.82, 2.24) is 5.32 Å². The lowest BCUT2D eigenvalue weighted by Crippen LogP contribution is -2.16. The Morgan fingerprint density at radius 3 is 2.61 bits per heavy atom. The topological polar surface area (TPSA) is 21.3 Å². The molecule has 0 bridgehead atoms. The van der Waals surface area contributed by atoms with Crippen LogP contribution >= 0.6 is 11.6 Å². The second-order valence-electron chi connectivity index (χ2n) is 3.67. The number of allylic oxidation sites excluding steroid dienone is 4. The molecule has 0 aliphatic carbocycles. The van der Waals surface area contributed by atoms with Crippen LogP contribution in [0.2, 0.25) is 0 Å². The summed E-state index contributed by atoms with van der Waals surface area (Å²) >= 11 is 5.60. The first-order valence-corrected chi connectivity index (χ1v) is 6.81. The lowest BCUT2D eigenvalue weighted by Gasteiger charge is -2.03. The Kier molecular flexibility index (Phi) is 11.8. The van der Waals surface area contributed by atoms with E-state index in [1.807, 2.05) is 25.2 Å². The molecular formula is C15H24ClNO. The standard InChI is InChI=1S/C15H24ClNO/c1-4-8-15(18-3)10-7-12-17-13-14(5-2)9-6-11-16/h5-10,17H,4,11-13H2,1-3H3/b9-6-,10-7-,14-5+,15-8+. The first-order chi connectivity index (χ1) is 8.78. The van der Waals surface area contributed by atoms with Crippen LogP contribution in [0.3, 0.4) is 0 Å². The van der Waals surface area contributed by atoms with Crippen molar-refractivity contribution < 1.29 is 4.74 Å². The SMILES string of the molecule is C/C=C(\C=C/CCl)CNC/C=C\C(=C/CC)OC. The van der Waals surface area contributed by atoms with E-state index in [2.05, 4.69) is 30.5 Å². The fraction of sp³-hybridized carbons (Fsp3) is 0.467. The van der Waals surface area contributed by atoms with E-state index in [1.165, 1.54) is 5.57 Å². The zero-order valence-electron chi connectivity index (χ0n) is 11.6. The maximum absolute atomic E-state index is 5.60. The number of methoxy groups -OCH3 is 1. The molecule has 0 atom stereocenters. The summed E-state index contributed by atoms with van der Waals surface area (Å²) in [5, 5.41) is 3.33. The first kappa shape index (κ1) is 17.0. The van der Waals surface area contributed by atoms with E-state index in [1.54, 1.807) is 7.11 Å². The summed E-state index contributed by atoms with van der Waals surface area (Å²) in [6, 6.07) is 0. The number of hydrogen-bond donors (Lipinski definition) is 1. The predicted molar refractivity (Wildman–Crippen MR) is 81.0 cm³/mol. The molecule has 0 aliphatic heterocycles. The Morgan fingerprint density at radius 2 is 2.06 bits per heavy atom. The number of rotatable bonds is 9. The van der Waals surface area contributed by atoms with Crippen molar-refractivity contribution in [1.29, 1.82) is 0 Å². The molecular weight excluding hydrogens is 246 g/mol. The van der Waals surface area contributed by atoms with Gasteiger partial charge in [0.1, 0.15) is 5.76 Å². The van der Waals surface area contributed by atoms with Gasteiger partial charge in [0.2, 0.25) is 0 Å². The van der Waals surface area contributed by atoms with E-state index in [0.29, 0.717) is 5.88 Å². The summed E-state index contributed by atoms with van der Waals surface area (Å²) < 4.78 is 5.20. The minimum atomic E-state index is 0.552. The van der Waals surface area contributed by atoms with Crippen molar-refractivity contribution in [2.75, 3.05) is 26.1 Å². The highest BCUT2D eigenvalue weighted by molar-refractivity contribution is 6.18. The van der Waals surface area contributed by atoms with Gasteiger partial charge < -0.3 is 10.1 Å². The van der Waals surface area contributed by atoms with Crippen LogP contribution < -0.4 is 5.32 Å². The molecule has 0 saturated carbocycles. The normalized spacial score (nSPS) is 13.8. The minimum absolute atomic E-state index is 0.552. The lowest BCUT2D eigenvalue weighted by atomic mass is 10.2. The van der Waals surface area contributed by atoms with Gasteiger partial charge in [-0.15, -0.1) is 11.6 Å². The molecule has 0 unspecified atom stereocenters. The van der Waals surface area contributed by atoms with Gasteiger partial charge in [-0.05, 0) is 31.1 Å². The molecule has 102 valence electrons. The summed E-state index contributed by atoms with van der Waals surface area (Å²) in [5.74, 6) is 1.46. The van der Waals surface area contributed by atoms with Crippen LogP contribution in [0, 0.1) is 0 Å². The Balaban J connectivity index is 3.94. The molecule has 0 aromatic carbocycles. The number of alkyl halides is 1. The molecule has 0 heterocycles. The van der Waals surface area contributed by atoms with Gasteiger partial charge in [0.15, 0.2) is 0 Å². The fourth-order valence-corrected chi connectivity index (χ4v) is 1.44. The molecule has 0 aromatic rings. The molecule has 0 aromatic heterocycles. The Morgan fingerprint density at radius 1 is 1.28 bits per heavy atom. The van der Waals surface area contributed by atoms with Crippen LogP contribution in [0.25, 0.3) is 0 Å². The van der Waals surface area contributed by atoms with E-state index in [9.17, 15) is 0 Å². The molecule has 0 amide bonds. The number of halogens is 1. The van der Waals surface area contributed by atoms with E-state index in [-0.39, 0.29) is 0 Å². The van der Waals surface area contributed by atoms with Crippen LogP contribution in [0.5, 0.6) is 0 Å². The van der Waals surface area contributed by atoms with Gasteiger partial charge in [0.05, 0.1) is 7.11 Å². The van der Waals surface area contributed by atoms with Gasteiger partial charge in [-0.3, -0.25) is 0 Å². The summed E-state index contributed by atoms with van der Waals surface area (Å²) in [6.07, 6.45) is 13.1. The van der Waals surface area contributed by atoms with Crippen molar-refractivity contribution in [3.8, 4) is 0 Å². The molecule has 1 N–H and O–H groups in total. The molecule has 2 nitrogen and oxygen atoms in total. The molecule has 0 radical (unpaired) electrons. The van der Waals surface area contributed by atoms with E-state index >= 15 is 0 Å². The molecule has 0 saturated heterocycles. The summed E-state index contributed by atoms with van der Waals surface area (Å²) in [6.45, 7) is 5.77. The highest BCUT2D eigenvalue weighted by Crippen LogP contribution is 1.99. The Bertz CT molecular complexity index is 316. The van der Waals surface area contributed by atoms with E-state index < -0.39 is 0 Å². The van der Waals surface area contributed by atoms with E-state index in [4.69, 9.17) is 16.3 Å². The Labute approximate surface area is 116 Å². The second kappa shape index (κ2) is 12.5. The van der Waals surface area contributed by atoms with Crippen molar-refractivity contribution >= 4 is 11.6 Å². The zero-order chi connectivity index (χ0) is 13.6. The largest absolute Gasteiger partial charge is 0.497 e. The Hall–Kier alpha value is -0.990. The number of hydrogen-bond acceptors (Lipinski definition) is 2. The average molecular weight is 270 g/mol. The quantitative estimate of drug-likeness (QED) is 0.297. The molecule has 0 fully saturated rings. The predicted octanol–water partition coefficient (Wildman–Crippen LogP) is 3.81. The maximum atomic E-state index is 5.60. The fourth-order valence-electron chi connectivity index (χ4n) is 1.35. The van der Waals surface area contributed by atoms with Crippen molar-refractivity contribution in [3.05, 3.63) is 47.8 Å². The van der Waals surface area contributed by atoms with Crippen LogP contribution in [-0.4, -0.2) is 26.1 Å². The van der Waals surface area contributed by atoms with Crippen molar-refractivity contribution in [2.24, 2.45) is 0 Å². The van der Waals surface area contributed by atoms with Gasteiger partial charge in [0, 0.05) is 19.0 Å². The first-order valence-electron chi connectivity index (χ1n) is 6.27. The van der Waals surface area contributed by atoms with Gasteiger partial charge in [-0.2, -0.15) is 0 Å². The zero-order valence-corrected chi connectivity index (χ0v) is 12.3. The molecule has 18 heavy (non-hydrogen) atoms. The lowest BCUT2D eigenvalue weighted by molar-refractivity contribution is 0.305. The molecule has 0 rings (SSSR count). The minimum Gasteiger partial charge on any atom is -0.497 e. The van der Waals surface area contributed by atoms with Gasteiger partial charge in [-0.25, -0.2) is 0 Å². The second-order valence-corrected chi connectivity index (χ2v) is 3.98. The van der Waals surface area contributed by atoms with Gasteiger partial charge in [0.25, 0.3) is 0 Å². The molecule has 0 aliphatic rings. The van der Waals surface area contributed by atoms with Crippen LogP contribution in [0.15, 0.2) is 47.8 Å². The highest BCUT2D eigenvalue weighted by Gasteiger charge is 1.90. The summed E-state index contributed by atoms with van der Waals surface area (Å²) in [5.41, 5.74) is 1.24. The monoisotopic (exact) mass is 269 g/mol. The smallest absolute Gasteiger partial charge is 0.114 e. The third-order valence-corrected chi connectivity index (χ3v) is 2.48. The average Bonchev–Trinajstić information content (AvgIpc) is 2.40. The third kappa shape index (κ3) is 9.08. The van der Waals surface area contributed by atoms with Crippen LogP contribution in [0.4, 0.5) is 0 Å². The summed E-state index contributed by atoms with van der Waals surface area (Å²) in [4.78, 5) is 0. The van der Waals surface area contributed by atoms with Crippen LogP contribution in [0.1, 0.15) is 20.3 Å². The number of ether oxygens (including phenoxy) is 1. The number of nitrogens with one attached hydrogen (secondary N) is 1. The molecule has 3 heteroatoms. The highest BCUT2D eigenvalue weighted by atomic mass is 35.5. The maximum Gasteiger partial charge on any atom is 0.114 e. The van der Waals surface area contributed by atoms with Gasteiger partial charge >= 0.3 is 0 Å². The summed E-state index contributed by atoms with van der Waals surface area (Å²) in [7, 11) is 1.69. The van der Waals surface area contributed by atoms with E-state index in [0.717, 1.165) is 25.3 Å². The van der Waals surface area contributed by atoms with Crippen LogP contribution in [-0.2, 0) is 4.74 Å². The van der Waals surface area contributed by atoms with Gasteiger partial charge in [-0.1, -0.05) is 31.2 Å².